The molecule has 0 radical (unpaired) electrons. The first-order valence-corrected chi connectivity index (χ1v) is 6.98. The molecule has 0 amide bonds. The van der Waals surface area contributed by atoms with Crippen molar-refractivity contribution in [2.75, 3.05) is 11.6 Å². The van der Waals surface area contributed by atoms with E-state index in [0.717, 1.165) is 23.9 Å². The van der Waals surface area contributed by atoms with Crippen molar-refractivity contribution in [2.24, 2.45) is 5.84 Å². The highest BCUT2D eigenvalue weighted by Gasteiger charge is 2.28. The van der Waals surface area contributed by atoms with Gasteiger partial charge in [-0.1, -0.05) is 25.5 Å². The second kappa shape index (κ2) is 5.18. The van der Waals surface area contributed by atoms with Gasteiger partial charge in [-0.2, -0.15) is 0 Å². The maximum Gasteiger partial charge on any atom is 0.346 e. The molecule has 21 heavy (non-hydrogen) atoms. The van der Waals surface area contributed by atoms with Gasteiger partial charge in [0.05, 0.1) is 16.8 Å². The van der Waals surface area contributed by atoms with Crippen LogP contribution in [-0.2, 0) is 4.74 Å². The topological polar surface area (TPSA) is 72.6 Å². The number of cyclic esters (lactones) is 2. The van der Waals surface area contributed by atoms with Crippen molar-refractivity contribution in [1.82, 2.24) is 0 Å². The first-order valence-electron chi connectivity index (χ1n) is 6.98. The van der Waals surface area contributed by atoms with Gasteiger partial charge in [-0.3, -0.25) is 0 Å². The Morgan fingerprint density at radius 3 is 2.52 bits per heavy atom. The van der Waals surface area contributed by atoms with Crippen LogP contribution in [-0.4, -0.2) is 18.5 Å². The maximum atomic E-state index is 11.8. The fraction of sp³-hybridized carbons (Fsp3) is 0.250. The summed E-state index contributed by atoms with van der Waals surface area (Å²) in [7, 11) is 0. The molecule has 0 saturated heterocycles. The van der Waals surface area contributed by atoms with Crippen LogP contribution in [0, 0.1) is 0 Å². The fourth-order valence-electron chi connectivity index (χ4n) is 2.63. The van der Waals surface area contributed by atoms with Gasteiger partial charge in [0.2, 0.25) is 0 Å². The quantitative estimate of drug-likeness (QED) is 0.404. The number of rotatable bonds is 4. The summed E-state index contributed by atoms with van der Waals surface area (Å²) in [5.41, 5.74) is 1.63. The summed E-state index contributed by atoms with van der Waals surface area (Å²) in [6.07, 6.45) is 2.01. The summed E-state index contributed by atoms with van der Waals surface area (Å²) >= 11 is 0. The molecule has 2 aromatic carbocycles. The zero-order valence-electron chi connectivity index (χ0n) is 11.8. The van der Waals surface area contributed by atoms with Gasteiger partial charge in [0.15, 0.2) is 0 Å². The summed E-state index contributed by atoms with van der Waals surface area (Å²) in [6.45, 7) is 2.81. The number of nitrogens with zero attached hydrogens (tertiary/aromatic N) is 1. The molecule has 1 heterocycles. The van der Waals surface area contributed by atoms with Crippen LogP contribution >= 0.6 is 0 Å². The van der Waals surface area contributed by atoms with Gasteiger partial charge in [-0.25, -0.2) is 15.4 Å². The Morgan fingerprint density at radius 1 is 1.10 bits per heavy atom. The largest absolute Gasteiger partial charge is 0.386 e. The highest BCUT2D eigenvalue weighted by molar-refractivity contribution is 6.22. The number of nitrogens with two attached hydrogens (primary N) is 1. The molecule has 2 N–H and O–H groups in total. The zero-order valence-corrected chi connectivity index (χ0v) is 11.8. The fourth-order valence-corrected chi connectivity index (χ4v) is 2.63. The lowest BCUT2D eigenvalue weighted by molar-refractivity contribution is 0.0391. The summed E-state index contributed by atoms with van der Waals surface area (Å²) < 4.78 is 4.75. The minimum Gasteiger partial charge on any atom is -0.386 e. The Morgan fingerprint density at radius 2 is 1.81 bits per heavy atom. The van der Waals surface area contributed by atoms with Crippen LogP contribution in [0.1, 0.15) is 40.5 Å². The number of unbranched alkanes of at least 4 members (excludes halogenated alkanes) is 1. The first kappa shape index (κ1) is 13.6. The van der Waals surface area contributed by atoms with Crippen LogP contribution in [0.15, 0.2) is 30.3 Å². The lowest BCUT2D eigenvalue weighted by Crippen LogP contribution is -2.32. The number of ether oxygens (including phenoxy) is 1. The molecule has 0 spiro atoms. The van der Waals surface area contributed by atoms with E-state index in [2.05, 4.69) is 6.92 Å². The number of hydrogen-bond donors (Lipinski definition) is 1. The van der Waals surface area contributed by atoms with Crippen LogP contribution in [0.5, 0.6) is 0 Å². The number of carbonyl (C=O) groups is 2. The molecule has 0 aliphatic carbocycles. The number of hydrazine groups is 1. The van der Waals surface area contributed by atoms with Crippen molar-refractivity contribution in [3.8, 4) is 0 Å². The smallest absolute Gasteiger partial charge is 0.346 e. The normalized spacial score (nSPS) is 13.4. The number of esters is 2. The van der Waals surface area contributed by atoms with E-state index < -0.39 is 11.9 Å². The van der Waals surface area contributed by atoms with Crippen LogP contribution in [0.2, 0.25) is 0 Å². The van der Waals surface area contributed by atoms with Gasteiger partial charge in [0.25, 0.3) is 0 Å². The summed E-state index contributed by atoms with van der Waals surface area (Å²) in [5.74, 6) is 4.90. The SMILES string of the molecule is CCCCN(N)c1ccc2c3c(cccc13)C(=O)OC2=O. The number of benzene rings is 2. The third kappa shape index (κ3) is 2.15. The Hall–Kier alpha value is -2.40. The molecule has 1 aliphatic rings. The number of anilines is 1. The first-order chi connectivity index (χ1) is 10.1. The van der Waals surface area contributed by atoms with E-state index in [9.17, 15) is 9.59 Å². The number of carbonyl (C=O) groups excluding carboxylic acids is 2. The second-order valence-electron chi connectivity index (χ2n) is 5.08. The molecule has 0 bridgehead atoms. The van der Waals surface area contributed by atoms with Gasteiger partial charge in [0, 0.05) is 17.3 Å². The van der Waals surface area contributed by atoms with E-state index in [-0.39, 0.29) is 0 Å². The van der Waals surface area contributed by atoms with Crippen molar-refractivity contribution in [2.45, 2.75) is 19.8 Å². The van der Waals surface area contributed by atoms with E-state index in [1.165, 1.54) is 0 Å². The zero-order chi connectivity index (χ0) is 15.0. The molecule has 5 heteroatoms. The van der Waals surface area contributed by atoms with Gasteiger partial charge in [-0.05, 0) is 24.6 Å². The molecule has 3 rings (SSSR count). The van der Waals surface area contributed by atoms with Crippen molar-refractivity contribution >= 4 is 28.4 Å². The molecule has 1 aliphatic heterocycles. The van der Waals surface area contributed by atoms with Crippen LogP contribution in [0.4, 0.5) is 5.69 Å². The van der Waals surface area contributed by atoms with E-state index in [0.29, 0.717) is 23.1 Å². The van der Waals surface area contributed by atoms with Gasteiger partial charge >= 0.3 is 11.9 Å². The molecular weight excluding hydrogens is 268 g/mol. The maximum absolute atomic E-state index is 11.8. The molecule has 5 nitrogen and oxygen atoms in total. The third-order valence-corrected chi connectivity index (χ3v) is 3.70. The monoisotopic (exact) mass is 284 g/mol. The highest BCUT2D eigenvalue weighted by atomic mass is 16.6. The molecule has 0 atom stereocenters. The molecule has 0 aromatic heterocycles. The number of hydrogen-bond acceptors (Lipinski definition) is 5. The highest BCUT2D eigenvalue weighted by Crippen LogP contribution is 2.34. The second-order valence-corrected chi connectivity index (χ2v) is 5.08. The predicted octanol–water partition coefficient (Wildman–Crippen LogP) is 2.63. The van der Waals surface area contributed by atoms with Gasteiger partial charge in [-0.15, -0.1) is 0 Å². The summed E-state index contributed by atoms with van der Waals surface area (Å²) in [4.78, 5) is 23.7. The van der Waals surface area contributed by atoms with E-state index in [1.807, 2.05) is 6.07 Å². The van der Waals surface area contributed by atoms with Crippen molar-refractivity contribution in [3.63, 3.8) is 0 Å². The van der Waals surface area contributed by atoms with E-state index >= 15 is 0 Å². The Kier molecular flexibility index (Phi) is 3.35. The van der Waals surface area contributed by atoms with Crippen LogP contribution in [0.25, 0.3) is 10.8 Å². The average molecular weight is 284 g/mol. The molecule has 2 aromatic rings. The molecule has 108 valence electrons. The van der Waals surface area contributed by atoms with Gasteiger partial charge < -0.3 is 9.75 Å². The van der Waals surface area contributed by atoms with E-state index in [4.69, 9.17) is 10.6 Å². The molecule has 0 saturated carbocycles. The van der Waals surface area contributed by atoms with Crippen LogP contribution in [0.3, 0.4) is 0 Å². The van der Waals surface area contributed by atoms with Crippen molar-refractivity contribution < 1.29 is 14.3 Å². The van der Waals surface area contributed by atoms with Crippen molar-refractivity contribution in [3.05, 3.63) is 41.5 Å². The Labute approximate surface area is 122 Å². The Bertz CT molecular complexity index is 719. The lowest BCUT2D eigenvalue weighted by Gasteiger charge is -2.23. The van der Waals surface area contributed by atoms with Crippen LogP contribution < -0.4 is 10.9 Å². The average Bonchev–Trinajstić information content (AvgIpc) is 2.49. The Balaban J connectivity index is 2.21. The third-order valence-electron chi connectivity index (χ3n) is 3.70. The minimum absolute atomic E-state index is 0.410. The minimum atomic E-state index is -0.604. The van der Waals surface area contributed by atoms with Gasteiger partial charge in [0.1, 0.15) is 0 Å². The molecular formula is C16H16N2O3. The molecule has 0 fully saturated rings. The summed E-state index contributed by atoms with van der Waals surface area (Å²) in [5, 5.41) is 3.09. The lowest BCUT2D eigenvalue weighted by atomic mass is 9.96. The summed E-state index contributed by atoms with van der Waals surface area (Å²) in [6, 6.07) is 8.78. The predicted molar refractivity (Wildman–Crippen MR) is 80.1 cm³/mol. The standard InChI is InChI=1S/C16H16N2O3/c1-2-3-9-18(17)13-8-7-12-14-10(13)5-4-6-11(14)15(19)21-16(12)20/h4-8H,2-3,9,17H2,1H3. The molecule has 0 unspecified atom stereocenters. The van der Waals surface area contributed by atoms with Crippen molar-refractivity contribution in [1.29, 1.82) is 0 Å². The van der Waals surface area contributed by atoms with E-state index in [1.54, 1.807) is 29.3 Å².